The van der Waals surface area contributed by atoms with Crippen LogP contribution in [0.4, 0.5) is 5.69 Å². The fourth-order valence-electron chi connectivity index (χ4n) is 1.39. The third-order valence-electron chi connectivity index (χ3n) is 2.25. The van der Waals surface area contributed by atoms with Crippen molar-refractivity contribution in [2.75, 3.05) is 0 Å². The predicted molar refractivity (Wildman–Crippen MR) is 69.1 cm³/mol. The maximum absolute atomic E-state index is 10.6. The van der Waals surface area contributed by atoms with Crippen molar-refractivity contribution in [3.63, 3.8) is 0 Å². The molecule has 0 bridgehead atoms. The van der Waals surface area contributed by atoms with Gasteiger partial charge in [-0.1, -0.05) is 0 Å². The van der Waals surface area contributed by atoms with Gasteiger partial charge >= 0.3 is 0 Å². The summed E-state index contributed by atoms with van der Waals surface area (Å²) in [5.41, 5.74) is 2.34. The van der Waals surface area contributed by atoms with Gasteiger partial charge in [0.05, 0.1) is 21.2 Å². The van der Waals surface area contributed by atoms with Gasteiger partial charge in [0.15, 0.2) is 0 Å². The molecule has 0 saturated heterocycles. The van der Waals surface area contributed by atoms with Crippen molar-refractivity contribution in [3.05, 3.63) is 50.5 Å². The number of thiazole rings is 1. The summed E-state index contributed by atoms with van der Waals surface area (Å²) < 4.78 is 5.57. The summed E-state index contributed by atoms with van der Waals surface area (Å²) in [5.74, 6) is 0.726. The number of nitro benzene ring substituents is 1. The van der Waals surface area contributed by atoms with Crippen LogP contribution in [0.2, 0.25) is 0 Å². The van der Waals surface area contributed by atoms with Gasteiger partial charge in [-0.15, -0.1) is 22.9 Å². The van der Waals surface area contributed by atoms with E-state index >= 15 is 0 Å². The molecule has 5 nitrogen and oxygen atoms in total. The Balaban J connectivity index is 2.14. The molecule has 1 aromatic carbocycles. The van der Waals surface area contributed by atoms with Crippen LogP contribution < -0.4 is 4.74 Å². The summed E-state index contributed by atoms with van der Waals surface area (Å²) >= 11 is 7.24. The number of alkyl halides is 1. The largest absolute Gasteiger partial charge is 0.488 e. The maximum Gasteiger partial charge on any atom is 0.270 e. The first kappa shape index (κ1) is 12.8. The second kappa shape index (κ2) is 5.79. The summed E-state index contributed by atoms with van der Waals surface area (Å²) in [6, 6.07) is 4.39. The van der Waals surface area contributed by atoms with E-state index in [0.717, 1.165) is 4.88 Å². The summed E-state index contributed by atoms with van der Waals surface area (Å²) in [6.07, 6.45) is 1.72. The van der Waals surface area contributed by atoms with Gasteiger partial charge in [-0.25, -0.2) is 0 Å². The lowest BCUT2D eigenvalue weighted by Gasteiger charge is -2.08. The SMILES string of the molecule is O=[N+]([O-])c1ccc(OCc2cncs2)c(CCl)c1. The molecule has 18 heavy (non-hydrogen) atoms. The van der Waals surface area contributed by atoms with Gasteiger partial charge < -0.3 is 4.74 Å². The monoisotopic (exact) mass is 284 g/mol. The molecule has 94 valence electrons. The van der Waals surface area contributed by atoms with Crippen LogP contribution >= 0.6 is 22.9 Å². The molecule has 0 N–H and O–H groups in total. The Kier molecular flexibility index (Phi) is 4.11. The zero-order valence-electron chi connectivity index (χ0n) is 9.21. The van der Waals surface area contributed by atoms with Crippen molar-refractivity contribution in [1.29, 1.82) is 0 Å². The molecule has 0 spiro atoms. The van der Waals surface area contributed by atoms with E-state index in [4.69, 9.17) is 16.3 Å². The molecule has 1 heterocycles. The van der Waals surface area contributed by atoms with Gasteiger partial charge in [-0.3, -0.25) is 15.1 Å². The molecule has 2 aromatic rings. The fraction of sp³-hybridized carbons (Fsp3) is 0.182. The second-order valence-electron chi connectivity index (χ2n) is 3.44. The lowest BCUT2D eigenvalue weighted by molar-refractivity contribution is -0.384. The van der Waals surface area contributed by atoms with Crippen molar-refractivity contribution >= 4 is 28.6 Å². The van der Waals surface area contributed by atoms with Gasteiger partial charge in [0.2, 0.25) is 0 Å². The van der Waals surface area contributed by atoms with E-state index in [1.807, 2.05) is 0 Å². The van der Waals surface area contributed by atoms with Crippen LogP contribution in [0, 0.1) is 10.1 Å². The molecule has 0 aliphatic carbocycles. The lowest BCUT2D eigenvalue weighted by atomic mass is 10.2. The van der Waals surface area contributed by atoms with E-state index in [1.165, 1.54) is 23.5 Å². The second-order valence-corrected chi connectivity index (χ2v) is 4.68. The number of aromatic nitrogens is 1. The Morgan fingerprint density at radius 1 is 1.50 bits per heavy atom. The molecule has 0 fully saturated rings. The average molecular weight is 285 g/mol. The Labute approximate surface area is 112 Å². The summed E-state index contributed by atoms with van der Waals surface area (Å²) in [6.45, 7) is 0.381. The highest BCUT2D eigenvalue weighted by atomic mass is 35.5. The van der Waals surface area contributed by atoms with Crippen LogP contribution in [0.25, 0.3) is 0 Å². The van der Waals surface area contributed by atoms with Gasteiger partial charge in [0, 0.05) is 23.9 Å². The first-order chi connectivity index (χ1) is 8.70. The van der Waals surface area contributed by atoms with Crippen LogP contribution in [0.15, 0.2) is 29.9 Å². The normalized spacial score (nSPS) is 10.3. The van der Waals surface area contributed by atoms with Crippen LogP contribution in [0.5, 0.6) is 5.75 Å². The van der Waals surface area contributed by atoms with Gasteiger partial charge in [0.1, 0.15) is 12.4 Å². The highest BCUT2D eigenvalue weighted by molar-refractivity contribution is 7.09. The van der Waals surface area contributed by atoms with Crippen LogP contribution in [-0.2, 0) is 12.5 Å². The third kappa shape index (κ3) is 2.96. The number of rotatable bonds is 5. The van der Waals surface area contributed by atoms with E-state index in [0.29, 0.717) is 17.9 Å². The smallest absolute Gasteiger partial charge is 0.270 e. The standard InChI is InChI=1S/C11H9ClN2O3S/c12-4-8-3-9(14(15)16)1-2-11(8)17-6-10-5-13-7-18-10/h1-3,5,7H,4,6H2. The molecular weight excluding hydrogens is 276 g/mol. The van der Waals surface area contributed by atoms with Crippen LogP contribution in [0.1, 0.15) is 10.4 Å². The Hall–Kier alpha value is -1.66. The third-order valence-corrected chi connectivity index (χ3v) is 3.29. The molecule has 0 saturated carbocycles. The fourth-order valence-corrected chi connectivity index (χ4v) is 2.10. The quantitative estimate of drug-likeness (QED) is 0.480. The average Bonchev–Trinajstić information content (AvgIpc) is 2.89. The number of ether oxygens (including phenoxy) is 1. The molecule has 0 aliphatic rings. The lowest BCUT2D eigenvalue weighted by Crippen LogP contribution is -1.97. The summed E-state index contributed by atoms with van der Waals surface area (Å²) in [4.78, 5) is 15.1. The molecule has 7 heteroatoms. The maximum atomic E-state index is 10.6. The van der Waals surface area contributed by atoms with E-state index in [-0.39, 0.29) is 11.6 Å². The van der Waals surface area contributed by atoms with Crippen molar-refractivity contribution in [1.82, 2.24) is 4.98 Å². The molecule has 0 aliphatic heterocycles. The van der Waals surface area contributed by atoms with Crippen LogP contribution in [0.3, 0.4) is 0 Å². The molecule has 0 amide bonds. The van der Waals surface area contributed by atoms with Crippen molar-refractivity contribution in [2.45, 2.75) is 12.5 Å². The first-order valence-corrected chi connectivity index (χ1v) is 6.45. The number of hydrogen-bond donors (Lipinski definition) is 0. The number of hydrogen-bond acceptors (Lipinski definition) is 5. The molecule has 0 radical (unpaired) electrons. The number of benzene rings is 1. The van der Waals surface area contributed by atoms with Gasteiger partial charge in [-0.05, 0) is 6.07 Å². The topological polar surface area (TPSA) is 65.3 Å². The highest BCUT2D eigenvalue weighted by Gasteiger charge is 2.11. The molecule has 2 rings (SSSR count). The Bertz CT molecular complexity index is 545. The minimum absolute atomic E-state index is 0.00999. The predicted octanol–water partition coefficient (Wildman–Crippen LogP) is 3.37. The Morgan fingerprint density at radius 2 is 2.33 bits per heavy atom. The van der Waals surface area contributed by atoms with E-state index in [2.05, 4.69) is 4.98 Å². The molecule has 0 unspecified atom stereocenters. The number of nitrogens with zero attached hydrogens (tertiary/aromatic N) is 2. The highest BCUT2D eigenvalue weighted by Crippen LogP contribution is 2.26. The van der Waals surface area contributed by atoms with E-state index in [1.54, 1.807) is 17.8 Å². The van der Waals surface area contributed by atoms with Gasteiger partial charge in [0.25, 0.3) is 5.69 Å². The first-order valence-electron chi connectivity index (χ1n) is 5.04. The summed E-state index contributed by atoms with van der Waals surface area (Å²) in [7, 11) is 0. The van der Waals surface area contributed by atoms with Crippen molar-refractivity contribution < 1.29 is 9.66 Å². The van der Waals surface area contributed by atoms with Gasteiger partial charge in [-0.2, -0.15) is 0 Å². The molecule has 0 atom stereocenters. The number of halogens is 1. The van der Waals surface area contributed by atoms with E-state index < -0.39 is 4.92 Å². The minimum Gasteiger partial charge on any atom is -0.488 e. The van der Waals surface area contributed by atoms with Crippen molar-refractivity contribution in [2.24, 2.45) is 0 Å². The molecule has 1 aromatic heterocycles. The summed E-state index contributed by atoms with van der Waals surface area (Å²) in [5, 5.41) is 10.6. The minimum atomic E-state index is -0.455. The number of non-ortho nitro benzene ring substituents is 1. The van der Waals surface area contributed by atoms with Crippen molar-refractivity contribution in [3.8, 4) is 5.75 Å². The Morgan fingerprint density at radius 3 is 2.94 bits per heavy atom. The zero-order valence-corrected chi connectivity index (χ0v) is 10.8. The zero-order chi connectivity index (χ0) is 13.0. The number of nitro groups is 1. The van der Waals surface area contributed by atoms with Crippen LogP contribution in [-0.4, -0.2) is 9.91 Å². The van der Waals surface area contributed by atoms with E-state index in [9.17, 15) is 10.1 Å². The molecular formula is C11H9ClN2O3S.